The molecule has 2 aliphatic rings. The molecule has 0 saturated carbocycles. The highest BCUT2D eigenvalue weighted by atomic mass is 79.9. The average Bonchev–Trinajstić information content (AvgIpc) is 3.12. The number of para-hydroxylation sites is 1. The van der Waals surface area contributed by atoms with E-state index in [2.05, 4.69) is 22.0 Å². The Hall–Kier alpha value is -2.57. The molecular formula is C21H15BrF3N3OS. The average molecular weight is 494 g/mol. The van der Waals surface area contributed by atoms with E-state index in [1.54, 1.807) is 6.07 Å². The molecule has 4 nitrogen and oxygen atoms in total. The summed E-state index contributed by atoms with van der Waals surface area (Å²) in [5, 5.41) is 9.89. The first-order valence-electron chi connectivity index (χ1n) is 9.11. The lowest BCUT2D eigenvalue weighted by molar-refractivity contribution is -0.137. The number of carbonyl (C=O) groups excluding carboxylic acids is 1. The fourth-order valence-corrected chi connectivity index (χ4v) is 5.58. The second kappa shape index (κ2) is 7.60. The number of benzene rings is 1. The number of nitriles is 1. The summed E-state index contributed by atoms with van der Waals surface area (Å²) in [7, 11) is 0. The van der Waals surface area contributed by atoms with E-state index < -0.39 is 17.7 Å². The predicted octanol–water partition coefficient (Wildman–Crippen LogP) is 5.83. The van der Waals surface area contributed by atoms with Crippen LogP contribution in [0.3, 0.4) is 0 Å². The molecule has 1 aliphatic heterocycles. The molecule has 154 valence electrons. The van der Waals surface area contributed by atoms with Crippen molar-refractivity contribution in [2.75, 3.05) is 4.90 Å². The van der Waals surface area contributed by atoms with Crippen LogP contribution in [0.5, 0.6) is 0 Å². The van der Waals surface area contributed by atoms with Crippen LogP contribution >= 0.6 is 27.3 Å². The Bertz CT molecular complexity index is 1140. The zero-order valence-corrected chi connectivity index (χ0v) is 17.9. The van der Waals surface area contributed by atoms with Gasteiger partial charge in [-0.2, -0.15) is 18.4 Å². The lowest BCUT2D eigenvalue weighted by Crippen LogP contribution is -2.39. The number of ketones is 1. The summed E-state index contributed by atoms with van der Waals surface area (Å²) in [6, 6.07) is 10.7. The molecule has 0 unspecified atom stereocenters. The van der Waals surface area contributed by atoms with Gasteiger partial charge in [0.1, 0.15) is 5.82 Å². The standard InChI is InChI=1S/C21H15BrF3N3OS/c22-17-9-8-16(30-17)18-11(10-26)20(27)28(14-6-3-7-15(29)19(14)18)13-5-2-1-4-12(13)21(23,24)25/h1-2,4-5,8-9,18H,3,6-7,27H2/t18-/m1/s1. The largest absolute Gasteiger partial charge is 0.418 e. The topological polar surface area (TPSA) is 70.1 Å². The Morgan fingerprint density at radius 3 is 2.57 bits per heavy atom. The number of nitrogens with two attached hydrogens (primary N) is 1. The summed E-state index contributed by atoms with van der Waals surface area (Å²) in [5.74, 6) is -0.916. The van der Waals surface area contributed by atoms with Gasteiger partial charge in [-0.05, 0) is 53.0 Å². The number of allylic oxidation sites excluding steroid dienone is 3. The van der Waals surface area contributed by atoms with E-state index in [1.807, 2.05) is 6.07 Å². The molecule has 0 radical (unpaired) electrons. The normalized spacial score (nSPS) is 19.8. The first-order chi connectivity index (χ1) is 14.2. The van der Waals surface area contributed by atoms with Gasteiger partial charge in [-0.3, -0.25) is 9.69 Å². The van der Waals surface area contributed by atoms with Crippen molar-refractivity contribution in [2.45, 2.75) is 31.4 Å². The summed E-state index contributed by atoms with van der Waals surface area (Å²) >= 11 is 4.76. The lowest BCUT2D eigenvalue weighted by Gasteiger charge is -2.40. The zero-order valence-electron chi connectivity index (χ0n) is 15.5. The van der Waals surface area contributed by atoms with Gasteiger partial charge in [-0.15, -0.1) is 11.3 Å². The fraction of sp³-hybridized carbons (Fsp3) is 0.238. The molecule has 0 fully saturated rings. The molecule has 0 spiro atoms. The van der Waals surface area contributed by atoms with Crippen molar-refractivity contribution in [1.82, 2.24) is 0 Å². The Morgan fingerprint density at radius 1 is 1.20 bits per heavy atom. The van der Waals surface area contributed by atoms with Crippen LogP contribution in [0.25, 0.3) is 0 Å². The Labute approximate surface area is 183 Å². The zero-order chi connectivity index (χ0) is 21.6. The maximum atomic E-state index is 13.7. The number of hydrogen-bond donors (Lipinski definition) is 1. The van der Waals surface area contributed by atoms with Gasteiger partial charge in [-0.1, -0.05) is 12.1 Å². The Balaban J connectivity index is 2.01. The highest BCUT2D eigenvalue weighted by Gasteiger charge is 2.43. The van der Waals surface area contributed by atoms with Crippen LogP contribution in [-0.2, 0) is 11.0 Å². The Morgan fingerprint density at radius 2 is 1.93 bits per heavy atom. The number of rotatable bonds is 2. The summed E-state index contributed by atoms with van der Waals surface area (Å²) in [6.45, 7) is 0. The van der Waals surface area contributed by atoms with E-state index in [0.29, 0.717) is 24.1 Å². The van der Waals surface area contributed by atoms with Crippen LogP contribution in [0.2, 0.25) is 0 Å². The molecule has 30 heavy (non-hydrogen) atoms. The fourth-order valence-electron chi connectivity index (χ4n) is 4.04. The van der Waals surface area contributed by atoms with Gasteiger partial charge in [0.2, 0.25) is 0 Å². The summed E-state index contributed by atoms with van der Waals surface area (Å²) in [6.07, 6.45) is -3.41. The number of halogens is 4. The minimum absolute atomic E-state index is 0.0721. The first-order valence-corrected chi connectivity index (χ1v) is 10.7. The van der Waals surface area contributed by atoms with Gasteiger partial charge in [0, 0.05) is 22.6 Å². The molecule has 0 amide bonds. The first kappa shape index (κ1) is 20.7. The molecule has 2 heterocycles. The van der Waals surface area contributed by atoms with Gasteiger partial charge in [0.25, 0.3) is 0 Å². The van der Waals surface area contributed by atoms with E-state index >= 15 is 0 Å². The summed E-state index contributed by atoms with van der Waals surface area (Å²) in [4.78, 5) is 15.0. The number of thiophene rings is 1. The molecule has 0 bridgehead atoms. The second-order valence-electron chi connectivity index (χ2n) is 6.97. The van der Waals surface area contributed by atoms with Crippen molar-refractivity contribution >= 4 is 38.7 Å². The number of anilines is 1. The van der Waals surface area contributed by atoms with Gasteiger partial charge in [0.05, 0.1) is 32.6 Å². The van der Waals surface area contributed by atoms with Crippen LogP contribution in [0, 0.1) is 11.3 Å². The van der Waals surface area contributed by atoms with Crippen LogP contribution in [0.4, 0.5) is 18.9 Å². The highest BCUT2D eigenvalue weighted by Crippen LogP contribution is 2.49. The van der Waals surface area contributed by atoms with Crippen molar-refractivity contribution in [1.29, 1.82) is 5.26 Å². The van der Waals surface area contributed by atoms with Crippen LogP contribution in [-0.4, -0.2) is 5.78 Å². The molecule has 1 aromatic heterocycles. The monoisotopic (exact) mass is 493 g/mol. The van der Waals surface area contributed by atoms with Crippen molar-refractivity contribution in [3.05, 3.63) is 73.3 Å². The molecule has 9 heteroatoms. The maximum absolute atomic E-state index is 13.7. The highest BCUT2D eigenvalue weighted by molar-refractivity contribution is 9.11. The molecule has 4 rings (SSSR count). The summed E-state index contributed by atoms with van der Waals surface area (Å²) in [5.41, 5.74) is 6.16. The molecule has 2 N–H and O–H groups in total. The van der Waals surface area contributed by atoms with Gasteiger partial charge < -0.3 is 5.73 Å². The molecule has 1 aliphatic carbocycles. The molecule has 1 aromatic carbocycles. The van der Waals surface area contributed by atoms with Crippen molar-refractivity contribution in [3.8, 4) is 6.07 Å². The maximum Gasteiger partial charge on any atom is 0.418 e. The number of Topliss-reactive ketones (excluding diaryl/α,β-unsaturated/α-hetero) is 1. The lowest BCUT2D eigenvalue weighted by atomic mass is 9.78. The van der Waals surface area contributed by atoms with Gasteiger partial charge in [-0.25, -0.2) is 0 Å². The Kier molecular flexibility index (Phi) is 5.24. The van der Waals surface area contributed by atoms with Crippen molar-refractivity contribution in [3.63, 3.8) is 0 Å². The minimum atomic E-state index is -4.61. The quantitative estimate of drug-likeness (QED) is 0.570. The number of nitrogens with zero attached hydrogens (tertiary/aromatic N) is 2. The minimum Gasteiger partial charge on any atom is -0.384 e. The summed E-state index contributed by atoms with van der Waals surface area (Å²) < 4.78 is 42.0. The SMILES string of the molecule is N#CC1=C(N)N(c2ccccc2C(F)(F)F)C2=C(C(=O)CCC2)[C@H]1c1ccc(Br)s1. The number of carbonyl (C=O) groups is 1. The number of alkyl halides is 3. The van der Waals surface area contributed by atoms with E-state index in [-0.39, 0.29) is 29.3 Å². The third-order valence-corrected chi connectivity index (χ3v) is 6.93. The number of hydrogen-bond acceptors (Lipinski definition) is 5. The van der Waals surface area contributed by atoms with E-state index in [1.165, 1.54) is 34.4 Å². The van der Waals surface area contributed by atoms with Crippen LogP contribution < -0.4 is 10.6 Å². The predicted molar refractivity (Wildman–Crippen MR) is 111 cm³/mol. The van der Waals surface area contributed by atoms with Crippen LogP contribution in [0.15, 0.2) is 62.8 Å². The van der Waals surface area contributed by atoms with E-state index in [0.717, 1.165) is 14.7 Å². The van der Waals surface area contributed by atoms with Gasteiger partial charge >= 0.3 is 6.18 Å². The second-order valence-corrected chi connectivity index (χ2v) is 9.47. The van der Waals surface area contributed by atoms with Crippen LogP contribution in [0.1, 0.15) is 35.6 Å². The molecule has 2 aromatic rings. The third kappa shape index (κ3) is 3.34. The van der Waals surface area contributed by atoms with E-state index in [9.17, 15) is 23.2 Å². The smallest absolute Gasteiger partial charge is 0.384 e. The van der Waals surface area contributed by atoms with Crippen molar-refractivity contribution < 1.29 is 18.0 Å². The molecule has 1 atom stereocenters. The van der Waals surface area contributed by atoms with Crippen molar-refractivity contribution in [2.24, 2.45) is 5.73 Å². The molecular weight excluding hydrogens is 479 g/mol. The van der Waals surface area contributed by atoms with Gasteiger partial charge in [0.15, 0.2) is 5.78 Å². The van der Waals surface area contributed by atoms with E-state index in [4.69, 9.17) is 5.73 Å². The third-order valence-electron chi connectivity index (χ3n) is 5.24. The molecule has 0 saturated heterocycles.